The van der Waals surface area contributed by atoms with Crippen LogP contribution in [0.2, 0.25) is 0 Å². The first-order valence-corrected chi connectivity index (χ1v) is 6.97. The number of rotatable bonds is 1. The van der Waals surface area contributed by atoms with E-state index in [0.29, 0.717) is 0 Å². The van der Waals surface area contributed by atoms with E-state index < -0.39 is 0 Å². The fraction of sp³-hybridized carbons (Fsp3) is 0.357. The van der Waals surface area contributed by atoms with Crippen molar-refractivity contribution in [2.75, 3.05) is 0 Å². The van der Waals surface area contributed by atoms with Crippen molar-refractivity contribution in [2.24, 2.45) is 0 Å². The number of benzene rings is 1. The van der Waals surface area contributed by atoms with Gasteiger partial charge in [-0.3, -0.25) is 4.57 Å². The second-order valence-corrected chi connectivity index (χ2v) is 6.75. The molecule has 0 amide bonds. The Hall–Kier alpha value is -0.930. The molecule has 0 aliphatic carbocycles. The van der Waals surface area contributed by atoms with Crippen molar-refractivity contribution in [1.82, 2.24) is 4.57 Å². The Labute approximate surface area is 112 Å². The Morgan fingerprint density at radius 1 is 1.18 bits per heavy atom. The van der Waals surface area contributed by atoms with Gasteiger partial charge in [0.15, 0.2) is 3.95 Å². The van der Waals surface area contributed by atoms with E-state index in [2.05, 4.69) is 61.9 Å². The molecule has 3 heteroatoms. The van der Waals surface area contributed by atoms with E-state index in [0.717, 1.165) is 3.95 Å². The first-order chi connectivity index (χ1) is 7.91. The van der Waals surface area contributed by atoms with E-state index in [9.17, 15) is 0 Å². The highest BCUT2D eigenvalue weighted by Gasteiger charge is 2.19. The van der Waals surface area contributed by atoms with Gasteiger partial charge in [0.25, 0.3) is 0 Å². The summed E-state index contributed by atoms with van der Waals surface area (Å²) in [6.45, 7) is 8.80. The third-order valence-corrected chi connectivity index (χ3v) is 4.13. The molecule has 0 aliphatic rings. The first kappa shape index (κ1) is 12.5. The molecular formula is C14H17NS2. The minimum Gasteiger partial charge on any atom is -0.296 e. The first-order valence-electron chi connectivity index (χ1n) is 5.68. The summed E-state index contributed by atoms with van der Waals surface area (Å²) in [5.41, 5.74) is 3.87. The van der Waals surface area contributed by atoms with Crippen molar-refractivity contribution in [3.8, 4) is 5.69 Å². The molecule has 0 bridgehead atoms. The van der Waals surface area contributed by atoms with Crippen molar-refractivity contribution in [1.29, 1.82) is 0 Å². The van der Waals surface area contributed by atoms with Crippen LogP contribution in [0.4, 0.5) is 0 Å². The molecule has 0 radical (unpaired) electrons. The quantitative estimate of drug-likeness (QED) is 0.664. The fourth-order valence-corrected chi connectivity index (χ4v) is 3.09. The van der Waals surface area contributed by atoms with Crippen LogP contribution in [0.3, 0.4) is 0 Å². The molecule has 0 unspecified atom stereocenters. The van der Waals surface area contributed by atoms with Crippen molar-refractivity contribution in [2.45, 2.75) is 33.1 Å². The average molecular weight is 263 g/mol. The summed E-state index contributed by atoms with van der Waals surface area (Å²) in [6, 6.07) is 8.50. The zero-order chi connectivity index (χ0) is 12.6. The summed E-state index contributed by atoms with van der Waals surface area (Å²) < 4.78 is 3.08. The Balaban J connectivity index is 2.73. The SMILES string of the molecule is Cc1csc(=S)n1-c1ccccc1C(C)(C)C. The number of aromatic nitrogens is 1. The molecule has 90 valence electrons. The van der Waals surface area contributed by atoms with Crippen LogP contribution in [0.25, 0.3) is 5.69 Å². The smallest absolute Gasteiger partial charge is 0.165 e. The van der Waals surface area contributed by atoms with Crippen LogP contribution in [-0.4, -0.2) is 4.57 Å². The number of thiazole rings is 1. The van der Waals surface area contributed by atoms with Gasteiger partial charge in [0.1, 0.15) is 0 Å². The normalized spacial score (nSPS) is 11.8. The molecule has 0 spiro atoms. The standard InChI is InChI=1S/C14H17NS2/c1-10-9-17-13(16)15(10)12-8-6-5-7-11(12)14(2,3)4/h5-9H,1-4H3. The lowest BCUT2D eigenvalue weighted by atomic mass is 9.86. The summed E-state index contributed by atoms with van der Waals surface area (Å²) in [4.78, 5) is 0. The van der Waals surface area contributed by atoms with Crippen molar-refractivity contribution in [3.05, 3.63) is 44.9 Å². The lowest BCUT2D eigenvalue weighted by Gasteiger charge is -2.23. The molecule has 1 aromatic carbocycles. The molecule has 1 heterocycles. The van der Waals surface area contributed by atoms with Gasteiger partial charge in [0.05, 0.1) is 5.69 Å². The van der Waals surface area contributed by atoms with Crippen LogP contribution in [0.15, 0.2) is 29.6 Å². The average Bonchev–Trinajstić information content (AvgIpc) is 2.57. The lowest BCUT2D eigenvalue weighted by molar-refractivity contribution is 0.586. The highest BCUT2D eigenvalue weighted by atomic mass is 32.1. The maximum atomic E-state index is 5.42. The maximum absolute atomic E-state index is 5.42. The van der Waals surface area contributed by atoms with Gasteiger partial charge in [-0.05, 0) is 36.2 Å². The predicted octanol–water partition coefficient (Wildman–Crippen LogP) is 4.87. The van der Waals surface area contributed by atoms with Gasteiger partial charge in [-0.1, -0.05) is 39.0 Å². The summed E-state index contributed by atoms with van der Waals surface area (Å²) in [5, 5.41) is 2.11. The molecule has 17 heavy (non-hydrogen) atoms. The van der Waals surface area contributed by atoms with Gasteiger partial charge >= 0.3 is 0 Å². The third kappa shape index (κ3) is 2.35. The second-order valence-electron chi connectivity index (χ2n) is 5.25. The fourth-order valence-electron chi connectivity index (χ4n) is 1.98. The topological polar surface area (TPSA) is 4.93 Å². The molecule has 1 nitrogen and oxygen atoms in total. The Bertz CT molecular complexity index is 585. The Kier molecular flexibility index (Phi) is 3.23. The van der Waals surface area contributed by atoms with Crippen molar-refractivity contribution < 1.29 is 0 Å². The molecular weight excluding hydrogens is 246 g/mol. The van der Waals surface area contributed by atoms with Crippen LogP contribution in [0.1, 0.15) is 32.0 Å². The highest BCUT2D eigenvalue weighted by molar-refractivity contribution is 7.73. The zero-order valence-corrected chi connectivity index (χ0v) is 12.3. The molecule has 0 atom stereocenters. The van der Waals surface area contributed by atoms with Crippen LogP contribution >= 0.6 is 23.6 Å². The number of hydrogen-bond acceptors (Lipinski definition) is 2. The lowest BCUT2D eigenvalue weighted by Crippen LogP contribution is -2.15. The molecule has 2 rings (SSSR count). The predicted molar refractivity (Wildman–Crippen MR) is 77.9 cm³/mol. The zero-order valence-electron chi connectivity index (χ0n) is 10.7. The molecule has 1 aromatic heterocycles. The van der Waals surface area contributed by atoms with E-state index in [-0.39, 0.29) is 5.41 Å². The van der Waals surface area contributed by atoms with E-state index >= 15 is 0 Å². The molecule has 0 N–H and O–H groups in total. The van der Waals surface area contributed by atoms with Gasteiger partial charge in [-0.15, -0.1) is 11.3 Å². The number of aryl methyl sites for hydroxylation is 1. The minimum absolute atomic E-state index is 0.125. The van der Waals surface area contributed by atoms with E-state index in [4.69, 9.17) is 12.2 Å². The van der Waals surface area contributed by atoms with Gasteiger partial charge < -0.3 is 0 Å². The highest BCUT2D eigenvalue weighted by Crippen LogP contribution is 2.30. The Morgan fingerprint density at radius 3 is 2.35 bits per heavy atom. The summed E-state index contributed by atoms with van der Waals surface area (Å²) in [5.74, 6) is 0. The van der Waals surface area contributed by atoms with Crippen LogP contribution in [0.5, 0.6) is 0 Å². The molecule has 0 saturated heterocycles. The largest absolute Gasteiger partial charge is 0.296 e. The number of para-hydroxylation sites is 1. The molecule has 0 saturated carbocycles. The number of nitrogens with zero attached hydrogens (tertiary/aromatic N) is 1. The van der Waals surface area contributed by atoms with Gasteiger partial charge in [0.2, 0.25) is 0 Å². The summed E-state index contributed by atoms with van der Waals surface area (Å²) in [7, 11) is 0. The second kappa shape index (κ2) is 4.39. The summed E-state index contributed by atoms with van der Waals surface area (Å²) >= 11 is 7.04. The minimum atomic E-state index is 0.125. The number of hydrogen-bond donors (Lipinski definition) is 0. The third-order valence-electron chi connectivity index (χ3n) is 2.82. The van der Waals surface area contributed by atoms with Crippen molar-refractivity contribution >= 4 is 23.6 Å². The van der Waals surface area contributed by atoms with E-state index in [1.54, 1.807) is 11.3 Å². The van der Waals surface area contributed by atoms with Gasteiger partial charge in [-0.2, -0.15) is 0 Å². The maximum Gasteiger partial charge on any atom is 0.165 e. The monoisotopic (exact) mass is 263 g/mol. The van der Waals surface area contributed by atoms with Gasteiger partial charge in [0, 0.05) is 11.1 Å². The van der Waals surface area contributed by atoms with Crippen molar-refractivity contribution in [3.63, 3.8) is 0 Å². The van der Waals surface area contributed by atoms with E-state index in [1.807, 2.05) is 0 Å². The van der Waals surface area contributed by atoms with Crippen LogP contribution in [-0.2, 0) is 5.41 Å². The molecule has 0 aliphatic heterocycles. The molecule has 0 fully saturated rings. The van der Waals surface area contributed by atoms with Crippen LogP contribution in [0, 0.1) is 10.9 Å². The summed E-state index contributed by atoms with van der Waals surface area (Å²) in [6.07, 6.45) is 0. The van der Waals surface area contributed by atoms with Gasteiger partial charge in [-0.25, -0.2) is 0 Å². The molecule has 2 aromatic rings. The van der Waals surface area contributed by atoms with Crippen LogP contribution < -0.4 is 0 Å². The Morgan fingerprint density at radius 2 is 1.82 bits per heavy atom. The van der Waals surface area contributed by atoms with E-state index in [1.165, 1.54) is 16.9 Å².